The topological polar surface area (TPSA) is 35.5 Å². The molecule has 0 unspecified atom stereocenters. The van der Waals surface area contributed by atoms with Gasteiger partial charge < -0.3 is 15.3 Å². The first kappa shape index (κ1) is 14.4. The maximum Gasteiger partial charge on any atom is 0.0584 e. The second-order valence-electron chi connectivity index (χ2n) is 5.38. The minimum atomic E-state index is 0.210. The lowest BCUT2D eigenvalue weighted by molar-refractivity contribution is 0.238. The molecule has 0 amide bonds. The molecule has 0 spiro atoms. The summed E-state index contributed by atoms with van der Waals surface area (Å²) in [5, 5.41) is 12.5. The Hall–Kier alpha value is -1.06. The average molecular weight is 262 g/mol. The molecule has 3 heteroatoms. The van der Waals surface area contributed by atoms with Crippen LogP contribution >= 0.6 is 0 Å². The lowest BCUT2D eigenvalue weighted by Crippen LogP contribution is -2.31. The van der Waals surface area contributed by atoms with Gasteiger partial charge in [-0.05, 0) is 43.4 Å². The fourth-order valence-electron chi connectivity index (χ4n) is 2.58. The number of aliphatic hydroxyl groups excluding tert-OH is 1. The highest BCUT2D eigenvalue weighted by atomic mass is 16.3. The molecule has 0 aliphatic carbocycles. The van der Waals surface area contributed by atoms with Crippen LogP contribution in [0.2, 0.25) is 0 Å². The lowest BCUT2D eigenvalue weighted by atomic mass is 10.1. The number of anilines is 1. The highest BCUT2D eigenvalue weighted by Gasteiger charge is 2.10. The number of benzene rings is 1. The van der Waals surface area contributed by atoms with Crippen molar-refractivity contribution in [3.63, 3.8) is 0 Å². The summed E-state index contributed by atoms with van der Waals surface area (Å²) in [7, 11) is 0. The van der Waals surface area contributed by atoms with Crippen molar-refractivity contribution in [2.75, 3.05) is 24.6 Å². The number of rotatable bonds is 6. The summed E-state index contributed by atoms with van der Waals surface area (Å²) in [6.45, 7) is 5.52. The third kappa shape index (κ3) is 4.22. The molecule has 1 saturated heterocycles. The fourth-order valence-corrected chi connectivity index (χ4v) is 2.58. The second-order valence-corrected chi connectivity index (χ2v) is 5.38. The van der Waals surface area contributed by atoms with Crippen LogP contribution in [-0.4, -0.2) is 30.8 Å². The molecular formula is C16H26N2O. The van der Waals surface area contributed by atoms with Gasteiger partial charge >= 0.3 is 0 Å². The Morgan fingerprint density at radius 2 is 1.84 bits per heavy atom. The first-order valence-corrected chi connectivity index (χ1v) is 7.51. The Labute approximate surface area is 116 Å². The van der Waals surface area contributed by atoms with E-state index in [9.17, 15) is 0 Å². The van der Waals surface area contributed by atoms with E-state index in [-0.39, 0.29) is 12.6 Å². The summed E-state index contributed by atoms with van der Waals surface area (Å²) >= 11 is 0. The molecule has 19 heavy (non-hydrogen) atoms. The van der Waals surface area contributed by atoms with Crippen molar-refractivity contribution in [3.05, 3.63) is 29.8 Å². The van der Waals surface area contributed by atoms with E-state index in [0.29, 0.717) is 0 Å². The van der Waals surface area contributed by atoms with Crippen molar-refractivity contribution >= 4 is 5.69 Å². The maximum absolute atomic E-state index is 9.15. The van der Waals surface area contributed by atoms with Gasteiger partial charge in [0.2, 0.25) is 0 Å². The molecule has 1 aliphatic heterocycles. The van der Waals surface area contributed by atoms with Gasteiger partial charge in [0.15, 0.2) is 0 Å². The molecule has 3 nitrogen and oxygen atoms in total. The molecule has 106 valence electrons. The van der Waals surface area contributed by atoms with Gasteiger partial charge in [0.1, 0.15) is 0 Å². The molecule has 1 aromatic carbocycles. The fraction of sp³-hybridized carbons (Fsp3) is 0.625. The van der Waals surface area contributed by atoms with Crippen LogP contribution in [0.5, 0.6) is 0 Å². The van der Waals surface area contributed by atoms with E-state index in [1.165, 1.54) is 43.6 Å². The van der Waals surface area contributed by atoms with Crippen LogP contribution in [0.3, 0.4) is 0 Å². The van der Waals surface area contributed by atoms with Gasteiger partial charge in [-0.15, -0.1) is 0 Å². The van der Waals surface area contributed by atoms with Crippen LogP contribution in [0.15, 0.2) is 24.3 Å². The van der Waals surface area contributed by atoms with E-state index in [2.05, 4.69) is 41.4 Å². The van der Waals surface area contributed by atoms with E-state index in [1.807, 2.05) is 0 Å². The summed E-state index contributed by atoms with van der Waals surface area (Å²) in [6.07, 6.45) is 4.97. The molecule has 2 rings (SSSR count). The molecule has 0 radical (unpaired) electrons. The molecule has 1 fully saturated rings. The van der Waals surface area contributed by atoms with Crippen LogP contribution in [0.25, 0.3) is 0 Å². The number of hydrogen-bond donors (Lipinski definition) is 2. The maximum atomic E-state index is 9.15. The third-order valence-electron chi connectivity index (χ3n) is 3.97. The van der Waals surface area contributed by atoms with Crippen LogP contribution in [-0.2, 0) is 6.54 Å². The summed E-state index contributed by atoms with van der Waals surface area (Å²) in [5.41, 5.74) is 2.63. The van der Waals surface area contributed by atoms with Gasteiger partial charge in [0, 0.05) is 31.4 Å². The zero-order chi connectivity index (χ0) is 13.5. The smallest absolute Gasteiger partial charge is 0.0584 e. The second kappa shape index (κ2) is 7.51. The molecule has 2 N–H and O–H groups in total. The Morgan fingerprint density at radius 1 is 1.16 bits per heavy atom. The van der Waals surface area contributed by atoms with E-state index in [4.69, 9.17) is 5.11 Å². The van der Waals surface area contributed by atoms with Gasteiger partial charge in [0.05, 0.1) is 6.61 Å². The standard InChI is InChI=1S/C16H26N2O/c1-2-15(13-19)17-12-14-6-8-16(9-7-14)18-10-4-3-5-11-18/h6-9,15,17,19H,2-5,10-13H2,1H3/t15-/m0/s1. The highest BCUT2D eigenvalue weighted by Crippen LogP contribution is 2.20. The molecule has 1 heterocycles. The van der Waals surface area contributed by atoms with E-state index in [1.54, 1.807) is 0 Å². The summed E-state index contributed by atoms with van der Waals surface area (Å²) in [6, 6.07) is 9.05. The molecule has 1 aromatic rings. The van der Waals surface area contributed by atoms with Crippen LogP contribution in [0.4, 0.5) is 5.69 Å². The normalized spacial score (nSPS) is 17.5. The number of nitrogens with one attached hydrogen (secondary N) is 1. The van der Waals surface area contributed by atoms with Crippen molar-refractivity contribution in [2.24, 2.45) is 0 Å². The van der Waals surface area contributed by atoms with Crippen LogP contribution in [0.1, 0.15) is 38.2 Å². The SMILES string of the molecule is CC[C@@H](CO)NCc1ccc(N2CCCCC2)cc1. The minimum absolute atomic E-state index is 0.210. The number of aliphatic hydroxyl groups is 1. The first-order chi connectivity index (χ1) is 9.33. The molecule has 0 bridgehead atoms. The molecular weight excluding hydrogens is 236 g/mol. The highest BCUT2D eigenvalue weighted by molar-refractivity contribution is 5.47. The number of nitrogens with zero attached hydrogens (tertiary/aromatic N) is 1. The van der Waals surface area contributed by atoms with Crippen molar-refractivity contribution in [1.29, 1.82) is 0 Å². The lowest BCUT2D eigenvalue weighted by Gasteiger charge is -2.29. The van der Waals surface area contributed by atoms with Crippen molar-refractivity contribution in [1.82, 2.24) is 5.32 Å². The van der Waals surface area contributed by atoms with Crippen LogP contribution in [0, 0.1) is 0 Å². The Kier molecular flexibility index (Phi) is 5.67. The average Bonchev–Trinajstić information content (AvgIpc) is 2.50. The first-order valence-electron chi connectivity index (χ1n) is 7.51. The summed E-state index contributed by atoms with van der Waals surface area (Å²) in [4.78, 5) is 2.48. The van der Waals surface area contributed by atoms with E-state index in [0.717, 1.165) is 13.0 Å². The van der Waals surface area contributed by atoms with Gasteiger partial charge in [-0.1, -0.05) is 19.1 Å². The molecule has 1 atom stereocenters. The monoisotopic (exact) mass is 262 g/mol. The van der Waals surface area contributed by atoms with E-state index >= 15 is 0 Å². The van der Waals surface area contributed by atoms with Crippen molar-refractivity contribution in [3.8, 4) is 0 Å². The van der Waals surface area contributed by atoms with Gasteiger partial charge in [0.25, 0.3) is 0 Å². The summed E-state index contributed by atoms with van der Waals surface area (Å²) in [5.74, 6) is 0. The minimum Gasteiger partial charge on any atom is -0.395 e. The van der Waals surface area contributed by atoms with Gasteiger partial charge in [-0.2, -0.15) is 0 Å². The third-order valence-corrected chi connectivity index (χ3v) is 3.97. The van der Waals surface area contributed by atoms with Crippen LogP contribution < -0.4 is 10.2 Å². The van der Waals surface area contributed by atoms with Gasteiger partial charge in [-0.3, -0.25) is 0 Å². The zero-order valence-electron chi connectivity index (χ0n) is 11.9. The quantitative estimate of drug-likeness (QED) is 0.827. The molecule has 0 aromatic heterocycles. The van der Waals surface area contributed by atoms with Gasteiger partial charge in [-0.25, -0.2) is 0 Å². The zero-order valence-corrected chi connectivity index (χ0v) is 11.9. The Balaban J connectivity index is 1.87. The summed E-state index contributed by atoms with van der Waals surface area (Å²) < 4.78 is 0. The number of hydrogen-bond acceptors (Lipinski definition) is 3. The predicted molar refractivity (Wildman–Crippen MR) is 80.5 cm³/mol. The van der Waals surface area contributed by atoms with E-state index < -0.39 is 0 Å². The molecule has 0 saturated carbocycles. The number of piperidine rings is 1. The predicted octanol–water partition coefficient (Wildman–Crippen LogP) is 2.54. The van der Waals surface area contributed by atoms with Crippen molar-refractivity contribution < 1.29 is 5.11 Å². The Morgan fingerprint density at radius 3 is 2.42 bits per heavy atom. The van der Waals surface area contributed by atoms with Crippen molar-refractivity contribution in [2.45, 2.75) is 45.2 Å². The Bertz CT molecular complexity index is 354. The largest absolute Gasteiger partial charge is 0.395 e. The molecule has 1 aliphatic rings.